The molecule has 0 aliphatic heterocycles. The average Bonchev–Trinajstić information content (AvgIpc) is 2.16. The third kappa shape index (κ3) is 3.90. The van der Waals surface area contributed by atoms with Gasteiger partial charge < -0.3 is 16.8 Å². The Morgan fingerprint density at radius 3 is 2.69 bits per heavy atom. The van der Waals surface area contributed by atoms with Crippen molar-refractivity contribution in [1.29, 1.82) is 0 Å². The van der Waals surface area contributed by atoms with Crippen LogP contribution in [0, 0.1) is 5.92 Å². The predicted octanol–water partition coefficient (Wildman–Crippen LogP) is 1.58. The van der Waals surface area contributed by atoms with Crippen LogP contribution in [0.5, 0.6) is 0 Å². The summed E-state index contributed by atoms with van der Waals surface area (Å²) in [7, 11) is 0. The van der Waals surface area contributed by atoms with Gasteiger partial charge in [0.2, 0.25) is 5.91 Å². The summed E-state index contributed by atoms with van der Waals surface area (Å²) < 4.78 is 0. The molecule has 1 amide bonds. The van der Waals surface area contributed by atoms with Gasteiger partial charge >= 0.3 is 0 Å². The summed E-state index contributed by atoms with van der Waals surface area (Å²) in [4.78, 5) is 11.7. The first-order chi connectivity index (χ1) is 7.49. The largest absolute Gasteiger partial charge is 0.399 e. The van der Waals surface area contributed by atoms with Crippen LogP contribution in [0.4, 0.5) is 11.4 Å². The molecule has 0 aliphatic rings. The minimum Gasteiger partial charge on any atom is -0.399 e. The molecule has 0 unspecified atom stereocenters. The number of nitrogens with two attached hydrogens (primary N) is 2. The first-order valence-electron chi connectivity index (χ1n) is 5.41. The number of carbonyl (C=O) groups is 1. The van der Waals surface area contributed by atoms with E-state index in [0.29, 0.717) is 23.7 Å². The van der Waals surface area contributed by atoms with Crippen LogP contribution in [0.3, 0.4) is 0 Å². The molecule has 0 bridgehead atoms. The molecule has 1 atom stereocenters. The molecule has 0 saturated heterocycles. The highest BCUT2D eigenvalue weighted by atomic mass is 16.2. The Morgan fingerprint density at radius 1 is 1.44 bits per heavy atom. The van der Waals surface area contributed by atoms with Gasteiger partial charge in [-0.1, -0.05) is 19.9 Å². The van der Waals surface area contributed by atoms with Crippen molar-refractivity contribution < 1.29 is 4.79 Å². The van der Waals surface area contributed by atoms with Crippen LogP contribution in [0.25, 0.3) is 0 Å². The molecule has 4 nitrogen and oxygen atoms in total. The molecule has 1 aromatic carbocycles. The maximum atomic E-state index is 11.7. The van der Waals surface area contributed by atoms with Gasteiger partial charge in [0.25, 0.3) is 0 Å². The topological polar surface area (TPSA) is 81.1 Å². The minimum absolute atomic E-state index is 0.167. The van der Waals surface area contributed by atoms with E-state index < -0.39 is 6.04 Å². The number of benzene rings is 1. The molecular weight excluding hydrogens is 202 g/mol. The van der Waals surface area contributed by atoms with E-state index in [1.165, 1.54) is 0 Å². The molecule has 0 fully saturated rings. The van der Waals surface area contributed by atoms with E-state index in [1.54, 1.807) is 24.3 Å². The molecule has 1 rings (SSSR count). The van der Waals surface area contributed by atoms with Gasteiger partial charge in [0.05, 0.1) is 6.04 Å². The van der Waals surface area contributed by atoms with E-state index in [9.17, 15) is 4.79 Å². The molecule has 0 heterocycles. The maximum Gasteiger partial charge on any atom is 0.241 e. The van der Waals surface area contributed by atoms with Crippen molar-refractivity contribution in [3.8, 4) is 0 Å². The van der Waals surface area contributed by atoms with Crippen molar-refractivity contribution in [2.75, 3.05) is 11.1 Å². The third-order valence-corrected chi connectivity index (χ3v) is 2.22. The molecule has 0 saturated carbocycles. The van der Waals surface area contributed by atoms with Crippen LogP contribution >= 0.6 is 0 Å². The summed E-state index contributed by atoms with van der Waals surface area (Å²) >= 11 is 0. The normalized spacial score (nSPS) is 12.5. The number of amides is 1. The van der Waals surface area contributed by atoms with Gasteiger partial charge in [0.15, 0.2) is 0 Å². The van der Waals surface area contributed by atoms with Crippen molar-refractivity contribution in [2.24, 2.45) is 11.7 Å². The van der Waals surface area contributed by atoms with E-state index in [-0.39, 0.29) is 5.91 Å². The van der Waals surface area contributed by atoms with E-state index >= 15 is 0 Å². The van der Waals surface area contributed by atoms with Crippen molar-refractivity contribution in [3.05, 3.63) is 24.3 Å². The molecule has 0 spiro atoms. The highest BCUT2D eigenvalue weighted by Gasteiger charge is 2.14. The highest BCUT2D eigenvalue weighted by molar-refractivity contribution is 5.94. The van der Waals surface area contributed by atoms with Gasteiger partial charge in [-0.25, -0.2) is 0 Å². The van der Waals surface area contributed by atoms with E-state index in [1.807, 2.05) is 13.8 Å². The predicted molar refractivity (Wildman–Crippen MR) is 66.9 cm³/mol. The first-order valence-corrected chi connectivity index (χ1v) is 5.41. The summed E-state index contributed by atoms with van der Waals surface area (Å²) in [6.07, 6.45) is 0.675. The molecule has 88 valence electrons. The number of hydrogen-bond acceptors (Lipinski definition) is 3. The second-order valence-electron chi connectivity index (χ2n) is 4.35. The van der Waals surface area contributed by atoms with E-state index in [2.05, 4.69) is 5.32 Å². The fourth-order valence-corrected chi connectivity index (χ4v) is 1.47. The van der Waals surface area contributed by atoms with Crippen LogP contribution in [-0.4, -0.2) is 11.9 Å². The zero-order chi connectivity index (χ0) is 12.1. The Hall–Kier alpha value is -1.55. The van der Waals surface area contributed by atoms with Crippen molar-refractivity contribution >= 4 is 17.3 Å². The van der Waals surface area contributed by atoms with Gasteiger partial charge in [-0.3, -0.25) is 4.79 Å². The lowest BCUT2D eigenvalue weighted by Gasteiger charge is -2.14. The van der Waals surface area contributed by atoms with Gasteiger partial charge in [0.1, 0.15) is 0 Å². The summed E-state index contributed by atoms with van der Waals surface area (Å²) in [6.45, 7) is 4.07. The Labute approximate surface area is 96.0 Å². The monoisotopic (exact) mass is 221 g/mol. The number of rotatable bonds is 4. The van der Waals surface area contributed by atoms with E-state index in [4.69, 9.17) is 11.5 Å². The number of nitrogens with one attached hydrogen (secondary N) is 1. The van der Waals surface area contributed by atoms with E-state index in [0.717, 1.165) is 0 Å². The standard InChI is InChI=1S/C12H19N3O/c1-8(2)6-11(14)12(16)15-10-5-3-4-9(13)7-10/h3-5,7-8,11H,6,13-14H2,1-2H3,(H,15,16)/t11-/m1/s1. The van der Waals surface area contributed by atoms with Crippen molar-refractivity contribution in [2.45, 2.75) is 26.3 Å². The highest BCUT2D eigenvalue weighted by Crippen LogP contribution is 2.12. The zero-order valence-corrected chi connectivity index (χ0v) is 9.73. The summed E-state index contributed by atoms with van der Waals surface area (Å²) in [5.41, 5.74) is 12.7. The van der Waals surface area contributed by atoms with Gasteiger partial charge in [0, 0.05) is 11.4 Å². The fourth-order valence-electron chi connectivity index (χ4n) is 1.47. The van der Waals surface area contributed by atoms with Gasteiger partial charge in [-0.15, -0.1) is 0 Å². The molecule has 0 radical (unpaired) electrons. The van der Waals surface area contributed by atoms with Crippen LogP contribution in [-0.2, 0) is 4.79 Å². The Bertz CT molecular complexity index is 363. The molecule has 4 heteroatoms. The van der Waals surface area contributed by atoms with Gasteiger partial charge in [-0.2, -0.15) is 0 Å². The Balaban J connectivity index is 2.57. The van der Waals surface area contributed by atoms with Gasteiger partial charge in [-0.05, 0) is 30.5 Å². The van der Waals surface area contributed by atoms with Crippen molar-refractivity contribution in [1.82, 2.24) is 0 Å². The summed E-state index contributed by atoms with van der Waals surface area (Å²) in [5.74, 6) is 0.237. The first kappa shape index (κ1) is 12.5. The lowest BCUT2D eigenvalue weighted by Crippen LogP contribution is -2.36. The third-order valence-electron chi connectivity index (χ3n) is 2.22. The Morgan fingerprint density at radius 2 is 2.12 bits per heavy atom. The molecule has 0 aliphatic carbocycles. The number of hydrogen-bond donors (Lipinski definition) is 3. The van der Waals surface area contributed by atoms with Crippen molar-refractivity contribution in [3.63, 3.8) is 0 Å². The quantitative estimate of drug-likeness (QED) is 0.675. The number of carbonyl (C=O) groups excluding carboxylic acids is 1. The number of anilines is 2. The summed E-state index contributed by atoms with van der Waals surface area (Å²) in [5, 5.41) is 2.74. The molecule has 1 aromatic rings. The lowest BCUT2D eigenvalue weighted by atomic mass is 10.0. The zero-order valence-electron chi connectivity index (χ0n) is 9.73. The second kappa shape index (κ2) is 5.51. The fraction of sp³-hybridized carbons (Fsp3) is 0.417. The average molecular weight is 221 g/mol. The van der Waals surface area contributed by atoms with Crippen LogP contribution in [0.1, 0.15) is 20.3 Å². The maximum absolute atomic E-state index is 11.7. The second-order valence-corrected chi connectivity index (χ2v) is 4.35. The number of nitrogen functional groups attached to an aromatic ring is 1. The SMILES string of the molecule is CC(C)C[C@@H](N)C(=O)Nc1cccc(N)c1. The van der Waals surface area contributed by atoms with Crippen LogP contribution in [0.15, 0.2) is 24.3 Å². The Kier molecular flexibility index (Phi) is 4.31. The molecule has 5 N–H and O–H groups in total. The molecular formula is C12H19N3O. The lowest BCUT2D eigenvalue weighted by molar-refractivity contribution is -0.117. The summed E-state index contributed by atoms with van der Waals surface area (Å²) in [6, 6.07) is 6.58. The molecule has 16 heavy (non-hydrogen) atoms. The van der Waals surface area contributed by atoms with Crippen LogP contribution < -0.4 is 16.8 Å². The van der Waals surface area contributed by atoms with Crippen LogP contribution in [0.2, 0.25) is 0 Å². The minimum atomic E-state index is -0.471. The molecule has 0 aromatic heterocycles. The smallest absolute Gasteiger partial charge is 0.241 e.